The smallest absolute Gasteiger partial charge is 0.184 e. The van der Waals surface area contributed by atoms with Gasteiger partial charge in [-0.05, 0) is 19.9 Å². The molecule has 0 amide bonds. The Hall–Kier alpha value is -0.770. The van der Waals surface area contributed by atoms with Crippen molar-refractivity contribution in [2.75, 3.05) is 0 Å². The summed E-state index contributed by atoms with van der Waals surface area (Å²) in [6.07, 6.45) is -1.49. The first kappa shape index (κ1) is 9.32. The molecule has 0 heterocycles. The van der Waals surface area contributed by atoms with Crippen LogP contribution in [0.2, 0.25) is 0 Å². The Bertz CT molecular complexity index is 265. The molecule has 4 heteroatoms. The maximum absolute atomic E-state index is 12.9. The summed E-state index contributed by atoms with van der Waals surface area (Å²) >= 11 is 0. The lowest BCUT2D eigenvalue weighted by molar-refractivity contribution is 0.0251. The van der Waals surface area contributed by atoms with Crippen molar-refractivity contribution < 1.29 is 18.3 Å². The second-order valence-corrected chi connectivity index (χ2v) is 3.05. The van der Waals surface area contributed by atoms with Crippen molar-refractivity contribution >= 4 is 0 Å². The molecule has 0 saturated carbocycles. The van der Waals surface area contributed by atoms with E-state index in [1.54, 1.807) is 0 Å². The van der Waals surface area contributed by atoms with Crippen LogP contribution in [0.3, 0.4) is 0 Å². The van der Waals surface area contributed by atoms with Gasteiger partial charge in [-0.25, -0.2) is 13.2 Å². The maximum atomic E-state index is 12.9. The summed E-state index contributed by atoms with van der Waals surface area (Å²) in [6, 6.07) is 0. The Kier molecular flexibility index (Phi) is 2.04. The van der Waals surface area contributed by atoms with E-state index in [0.717, 1.165) is 13.8 Å². The van der Waals surface area contributed by atoms with Gasteiger partial charge < -0.3 is 5.11 Å². The van der Waals surface area contributed by atoms with Gasteiger partial charge in [-0.3, -0.25) is 0 Å². The van der Waals surface area contributed by atoms with Gasteiger partial charge in [0, 0.05) is 5.57 Å². The number of alkyl halides is 1. The maximum Gasteiger partial charge on any atom is 0.184 e. The van der Waals surface area contributed by atoms with Crippen LogP contribution >= 0.6 is 0 Å². The van der Waals surface area contributed by atoms with Crippen molar-refractivity contribution in [3.8, 4) is 0 Å². The number of aliphatic hydroxyl groups is 1. The fraction of sp³-hybridized carbons (Fsp3) is 0.500. The minimum atomic E-state index is -2.17. The first-order chi connectivity index (χ1) is 5.36. The second kappa shape index (κ2) is 2.62. The molecule has 1 aliphatic carbocycles. The predicted molar refractivity (Wildman–Crippen MR) is 38.5 cm³/mol. The molecule has 0 aliphatic heterocycles. The SMILES string of the molecule is CC1=C(F)C(F)C(C)(O)C=C1F. The molecule has 1 rings (SSSR count). The molecule has 1 nitrogen and oxygen atoms in total. The summed E-state index contributed by atoms with van der Waals surface area (Å²) in [6.45, 7) is 2.15. The molecule has 68 valence electrons. The molecule has 0 aromatic rings. The molecular formula is C8H9F3O. The van der Waals surface area contributed by atoms with E-state index in [1.165, 1.54) is 0 Å². The van der Waals surface area contributed by atoms with Crippen LogP contribution in [0.5, 0.6) is 0 Å². The van der Waals surface area contributed by atoms with Crippen molar-refractivity contribution in [2.45, 2.75) is 25.6 Å². The number of allylic oxidation sites excluding steroid dienone is 2. The summed E-state index contributed by atoms with van der Waals surface area (Å²) < 4.78 is 38.4. The number of rotatable bonds is 0. The summed E-state index contributed by atoms with van der Waals surface area (Å²) in [4.78, 5) is 0. The van der Waals surface area contributed by atoms with Crippen LogP contribution in [0.1, 0.15) is 13.8 Å². The molecule has 2 unspecified atom stereocenters. The minimum absolute atomic E-state index is 0.381. The Morgan fingerprint density at radius 2 is 2.00 bits per heavy atom. The monoisotopic (exact) mass is 178 g/mol. The van der Waals surface area contributed by atoms with Gasteiger partial charge in [0.15, 0.2) is 6.17 Å². The summed E-state index contributed by atoms with van der Waals surface area (Å²) in [5, 5.41) is 9.14. The third kappa shape index (κ3) is 1.27. The largest absolute Gasteiger partial charge is 0.382 e. The predicted octanol–water partition coefficient (Wildman–Crippen LogP) is 2.19. The van der Waals surface area contributed by atoms with Crippen LogP contribution in [0.15, 0.2) is 23.3 Å². The Morgan fingerprint density at radius 1 is 1.50 bits per heavy atom. The van der Waals surface area contributed by atoms with Crippen molar-refractivity contribution in [2.24, 2.45) is 0 Å². The lowest BCUT2D eigenvalue weighted by atomic mass is 9.91. The Morgan fingerprint density at radius 3 is 2.50 bits per heavy atom. The molecule has 1 N–H and O–H groups in total. The zero-order valence-electron chi connectivity index (χ0n) is 6.74. The van der Waals surface area contributed by atoms with Gasteiger partial charge in [-0.2, -0.15) is 0 Å². The summed E-state index contributed by atoms with van der Waals surface area (Å²) in [7, 11) is 0. The highest BCUT2D eigenvalue weighted by molar-refractivity contribution is 5.37. The first-order valence-electron chi connectivity index (χ1n) is 3.47. The van der Waals surface area contributed by atoms with E-state index in [-0.39, 0.29) is 5.57 Å². The van der Waals surface area contributed by atoms with Crippen LogP contribution in [0.25, 0.3) is 0 Å². The van der Waals surface area contributed by atoms with Gasteiger partial charge >= 0.3 is 0 Å². The summed E-state index contributed by atoms with van der Waals surface area (Å²) in [5.41, 5.74) is -2.46. The molecule has 0 bridgehead atoms. The van der Waals surface area contributed by atoms with Crippen LogP contribution in [0.4, 0.5) is 13.2 Å². The van der Waals surface area contributed by atoms with Crippen LogP contribution in [0, 0.1) is 0 Å². The van der Waals surface area contributed by atoms with Crippen LogP contribution < -0.4 is 0 Å². The zero-order valence-corrected chi connectivity index (χ0v) is 6.74. The Labute approximate surface area is 68.2 Å². The van der Waals surface area contributed by atoms with E-state index in [4.69, 9.17) is 5.11 Å². The van der Waals surface area contributed by atoms with Gasteiger partial charge in [0.25, 0.3) is 0 Å². The van der Waals surface area contributed by atoms with Gasteiger partial charge in [0.05, 0.1) is 0 Å². The van der Waals surface area contributed by atoms with Gasteiger partial charge in [0.1, 0.15) is 17.3 Å². The van der Waals surface area contributed by atoms with Gasteiger partial charge in [0.2, 0.25) is 0 Å². The van der Waals surface area contributed by atoms with E-state index in [0.29, 0.717) is 6.08 Å². The summed E-state index contributed by atoms with van der Waals surface area (Å²) in [5.74, 6) is -2.15. The average Bonchev–Trinajstić information content (AvgIpc) is 1.97. The van der Waals surface area contributed by atoms with E-state index >= 15 is 0 Å². The molecule has 1 aliphatic rings. The highest BCUT2D eigenvalue weighted by Crippen LogP contribution is 2.34. The highest BCUT2D eigenvalue weighted by Gasteiger charge is 2.39. The highest BCUT2D eigenvalue weighted by atomic mass is 19.2. The number of hydrogen-bond acceptors (Lipinski definition) is 1. The van der Waals surface area contributed by atoms with Crippen molar-refractivity contribution in [1.82, 2.24) is 0 Å². The molecule has 2 atom stereocenters. The average molecular weight is 178 g/mol. The molecule has 0 aromatic heterocycles. The topological polar surface area (TPSA) is 20.2 Å². The number of halogens is 3. The van der Waals surface area contributed by atoms with E-state index in [1.807, 2.05) is 0 Å². The first-order valence-corrected chi connectivity index (χ1v) is 3.47. The van der Waals surface area contributed by atoms with Gasteiger partial charge in [-0.15, -0.1) is 0 Å². The Balaban J connectivity index is 3.15. The second-order valence-electron chi connectivity index (χ2n) is 3.05. The minimum Gasteiger partial charge on any atom is -0.382 e. The van der Waals surface area contributed by atoms with Crippen LogP contribution in [-0.4, -0.2) is 16.9 Å². The van der Waals surface area contributed by atoms with Gasteiger partial charge in [-0.1, -0.05) is 0 Å². The fourth-order valence-corrected chi connectivity index (χ4v) is 0.999. The van der Waals surface area contributed by atoms with Crippen LogP contribution in [-0.2, 0) is 0 Å². The van der Waals surface area contributed by atoms with Crippen molar-refractivity contribution in [3.63, 3.8) is 0 Å². The van der Waals surface area contributed by atoms with E-state index in [9.17, 15) is 13.2 Å². The van der Waals surface area contributed by atoms with E-state index in [2.05, 4.69) is 0 Å². The normalized spacial score (nSPS) is 36.8. The lowest BCUT2D eigenvalue weighted by Crippen LogP contribution is -2.37. The fourth-order valence-electron chi connectivity index (χ4n) is 0.999. The molecule has 0 saturated heterocycles. The van der Waals surface area contributed by atoms with Crippen molar-refractivity contribution in [1.29, 1.82) is 0 Å². The molecule has 0 fully saturated rings. The standard InChI is InChI=1S/C8H9F3O/c1-4-5(9)3-8(2,12)7(11)6(4)10/h3,7,12H,1-2H3. The van der Waals surface area contributed by atoms with E-state index < -0.39 is 23.4 Å². The number of hydrogen-bond donors (Lipinski definition) is 1. The molecular weight excluding hydrogens is 169 g/mol. The third-order valence-electron chi connectivity index (χ3n) is 1.87. The quantitative estimate of drug-likeness (QED) is 0.602. The third-order valence-corrected chi connectivity index (χ3v) is 1.87. The molecule has 0 aromatic carbocycles. The molecule has 12 heavy (non-hydrogen) atoms. The zero-order chi connectivity index (χ0) is 9.52. The molecule has 0 spiro atoms. The van der Waals surface area contributed by atoms with Crippen molar-refractivity contribution in [3.05, 3.63) is 23.3 Å². The lowest BCUT2D eigenvalue weighted by Gasteiger charge is -2.27. The molecule has 0 radical (unpaired) electrons.